The van der Waals surface area contributed by atoms with Crippen molar-refractivity contribution < 1.29 is 13.2 Å². The Labute approximate surface area is 90.5 Å². The van der Waals surface area contributed by atoms with Crippen LogP contribution < -0.4 is 6.15 Å². The van der Waals surface area contributed by atoms with Crippen LogP contribution in [-0.2, 0) is 6.18 Å². The molecule has 1 rings (SSSR count). The topological polar surface area (TPSA) is 47.9 Å². The molecule has 0 saturated carbocycles. The fraction of sp³-hybridized carbons (Fsp3) is 0.286. The van der Waals surface area contributed by atoms with Gasteiger partial charge in [0.25, 0.3) is 0 Å². The van der Waals surface area contributed by atoms with Gasteiger partial charge in [-0.1, -0.05) is 11.6 Å². The van der Waals surface area contributed by atoms with E-state index in [-0.39, 0.29) is 23.6 Å². The highest BCUT2D eigenvalue weighted by atomic mass is 35.5. The number of pyridine rings is 1. The number of rotatable bonds is 0. The van der Waals surface area contributed by atoms with E-state index < -0.39 is 11.7 Å². The number of halogens is 5. The molecule has 0 atom stereocenters. The Morgan fingerprint density at radius 2 is 1.86 bits per heavy atom. The third-order valence-corrected chi connectivity index (χ3v) is 1.74. The molecule has 82 valence electrons. The summed E-state index contributed by atoms with van der Waals surface area (Å²) in [7, 11) is 0. The van der Waals surface area contributed by atoms with E-state index in [1.807, 2.05) is 0 Å². The second kappa shape index (κ2) is 5.38. The quantitative estimate of drug-likeness (QED) is 0.762. The largest absolute Gasteiger partial charge is 0.417 e. The molecule has 0 saturated heterocycles. The maximum atomic E-state index is 12.0. The van der Waals surface area contributed by atoms with Crippen molar-refractivity contribution in [1.82, 2.24) is 11.1 Å². The van der Waals surface area contributed by atoms with E-state index >= 15 is 0 Å². The van der Waals surface area contributed by atoms with Crippen LogP contribution in [0.2, 0.25) is 5.02 Å². The monoisotopic (exact) mass is 248 g/mol. The van der Waals surface area contributed by atoms with Crippen molar-refractivity contribution >= 4 is 24.0 Å². The van der Waals surface area contributed by atoms with Crippen molar-refractivity contribution in [3.05, 3.63) is 28.5 Å². The Morgan fingerprint density at radius 1 is 1.36 bits per heavy atom. The van der Waals surface area contributed by atoms with Crippen LogP contribution in [0.3, 0.4) is 0 Å². The summed E-state index contributed by atoms with van der Waals surface area (Å²) in [6.07, 6.45) is -3.61. The van der Waals surface area contributed by atoms with E-state index in [1.165, 1.54) is 0 Å². The maximum Gasteiger partial charge on any atom is 0.417 e. The normalized spacial score (nSPS) is 10.1. The Morgan fingerprint density at radius 3 is 2.21 bits per heavy atom. The lowest BCUT2D eigenvalue weighted by atomic mass is 10.2. The first-order chi connectivity index (χ1) is 5.41. The van der Waals surface area contributed by atoms with E-state index in [1.54, 1.807) is 6.92 Å². The molecule has 3 N–H and O–H groups in total. The number of nitrogens with zero attached hydrogens (tertiary/aromatic N) is 1. The van der Waals surface area contributed by atoms with Gasteiger partial charge in [0.2, 0.25) is 0 Å². The van der Waals surface area contributed by atoms with Gasteiger partial charge in [-0.3, -0.25) is 4.98 Å². The molecule has 7 heteroatoms. The predicted molar refractivity (Wildman–Crippen MR) is 51.3 cm³/mol. The van der Waals surface area contributed by atoms with Crippen LogP contribution in [0.25, 0.3) is 0 Å². The number of alkyl halides is 3. The van der Waals surface area contributed by atoms with Crippen molar-refractivity contribution in [2.45, 2.75) is 13.1 Å². The van der Waals surface area contributed by atoms with Crippen LogP contribution in [0.5, 0.6) is 0 Å². The Kier molecular flexibility index (Phi) is 6.13. The standard InChI is InChI=1S/C7H5ClF3N.ClH.H3N/c1-4-6(8)2-5(3-12-4)7(9,10)11;;/h2-3H,1H3;1H;1H3. The maximum absolute atomic E-state index is 12.0. The average molecular weight is 249 g/mol. The van der Waals surface area contributed by atoms with Crippen molar-refractivity contribution in [3.8, 4) is 0 Å². The summed E-state index contributed by atoms with van der Waals surface area (Å²) in [5.41, 5.74) is -0.428. The minimum Gasteiger partial charge on any atom is -0.344 e. The van der Waals surface area contributed by atoms with Crippen molar-refractivity contribution in [2.75, 3.05) is 0 Å². The van der Waals surface area contributed by atoms with Gasteiger partial charge in [0.05, 0.1) is 16.3 Å². The van der Waals surface area contributed by atoms with Crippen LogP contribution in [0.1, 0.15) is 11.3 Å². The molecule has 0 aliphatic carbocycles. The van der Waals surface area contributed by atoms with Crippen LogP contribution >= 0.6 is 24.0 Å². The van der Waals surface area contributed by atoms with E-state index in [0.29, 0.717) is 5.69 Å². The van der Waals surface area contributed by atoms with Crippen LogP contribution in [0, 0.1) is 6.92 Å². The molecule has 0 fully saturated rings. The van der Waals surface area contributed by atoms with E-state index in [9.17, 15) is 13.2 Å². The molecule has 0 aliphatic heterocycles. The molecule has 0 aliphatic rings. The summed E-state index contributed by atoms with van der Waals surface area (Å²) in [6.45, 7) is 1.54. The van der Waals surface area contributed by atoms with E-state index in [2.05, 4.69) is 4.98 Å². The highest BCUT2D eigenvalue weighted by molar-refractivity contribution is 6.31. The SMILES string of the molecule is Cc1ncc(C(F)(F)F)cc1Cl.Cl.N. The van der Waals surface area contributed by atoms with Crippen LogP contribution in [0.4, 0.5) is 13.2 Å². The molecule has 0 amide bonds. The van der Waals surface area contributed by atoms with Gasteiger partial charge in [-0.25, -0.2) is 0 Å². The molecule has 1 heterocycles. The lowest BCUT2D eigenvalue weighted by molar-refractivity contribution is -0.137. The lowest BCUT2D eigenvalue weighted by Gasteiger charge is -2.06. The second-order valence-electron chi connectivity index (χ2n) is 2.29. The number of hydrogen-bond donors (Lipinski definition) is 1. The first-order valence-corrected chi connectivity index (χ1v) is 3.48. The van der Waals surface area contributed by atoms with Crippen molar-refractivity contribution in [2.24, 2.45) is 0 Å². The van der Waals surface area contributed by atoms with Crippen molar-refractivity contribution in [3.63, 3.8) is 0 Å². The average Bonchev–Trinajstić information content (AvgIpc) is 1.92. The number of aryl methyl sites for hydroxylation is 1. The third-order valence-electron chi connectivity index (χ3n) is 1.35. The van der Waals surface area contributed by atoms with E-state index in [4.69, 9.17) is 11.6 Å². The molecular weight excluding hydrogens is 240 g/mol. The Balaban J connectivity index is 0. The van der Waals surface area contributed by atoms with Gasteiger partial charge in [-0.05, 0) is 13.0 Å². The predicted octanol–water partition coefficient (Wildman–Crippen LogP) is 3.65. The summed E-state index contributed by atoms with van der Waals surface area (Å²) in [5, 5.41) is 0.0322. The summed E-state index contributed by atoms with van der Waals surface area (Å²) < 4.78 is 36.0. The van der Waals surface area contributed by atoms with Gasteiger partial charge in [-0.15, -0.1) is 12.4 Å². The molecule has 1 aromatic rings. The zero-order valence-corrected chi connectivity index (χ0v) is 8.80. The Bertz CT molecular complexity index is 301. The first kappa shape index (κ1) is 15.9. The molecule has 0 aromatic carbocycles. The molecular formula is C7H9Cl2F3N2. The van der Waals surface area contributed by atoms with Crippen LogP contribution in [0.15, 0.2) is 12.3 Å². The van der Waals surface area contributed by atoms with E-state index in [0.717, 1.165) is 12.3 Å². The van der Waals surface area contributed by atoms with Gasteiger partial charge < -0.3 is 6.15 Å². The molecule has 0 spiro atoms. The van der Waals surface area contributed by atoms with Gasteiger partial charge in [0.1, 0.15) is 0 Å². The van der Waals surface area contributed by atoms with Gasteiger partial charge in [0, 0.05) is 6.20 Å². The molecule has 0 radical (unpaired) electrons. The fourth-order valence-electron chi connectivity index (χ4n) is 0.661. The minimum absolute atomic E-state index is 0. The zero-order chi connectivity index (χ0) is 9.35. The third kappa shape index (κ3) is 3.69. The fourth-order valence-corrected chi connectivity index (χ4v) is 0.828. The summed E-state index contributed by atoms with van der Waals surface area (Å²) >= 11 is 5.46. The summed E-state index contributed by atoms with van der Waals surface area (Å²) in [4.78, 5) is 3.49. The van der Waals surface area contributed by atoms with Gasteiger partial charge in [0.15, 0.2) is 0 Å². The lowest BCUT2D eigenvalue weighted by Crippen LogP contribution is -2.05. The number of hydrogen-bond acceptors (Lipinski definition) is 2. The molecule has 2 nitrogen and oxygen atoms in total. The summed E-state index contributed by atoms with van der Waals surface area (Å²) in [5.74, 6) is 0. The molecule has 1 aromatic heterocycles. The van der Waals surface area contributed by atoms with Gasteiger partial charge >= 0.3 is 6.18 Å². The van der Waals surface area contributed by atoms with Crippen LogP contribution in [-0.4, -0.2) is 4.98 Å². The highest BCUT2D eigenvalue weighted by Crippen LogP contribution is 2.30. The highest BCUT2D eigenvalue weighted by Gasteiger charge is 2.31. The summed E-state index contributed by atoms with van der Waals surface area (Å²) in [6, 6.07) is 0.865. The second-order valence-corrected chi connectivity index (χ2v) is 2.70. The minimum atomic E-state index is -4.37. The number of aromatic nitrogens is 1. The smallest absolute Gasteiger partial charge is 0.344 e. The molecule has 0 unspecified atom stereocenters. The molecule has 14 heavy (non-hydrogen) atoms. The first-order valence-electron chi connectivity index (χ1n) is 3.10. The van der Waals surface area contributed by atoms with Gasteiger partial charge in [-0.2, -0.15) is 13.2 Å². The van der Waals surface area contributed by atoms with Crippen molar-refractivity contribution in [1.29, 1.82) is 0 Å². The zero-order valence-electron chi connectivity index (χ0n) is 7.23. The molecule has 0 bridgehead atoms. The Hall–Kier alpha value is -0.520.